The molecule has 0 amide bonds. The summed E-state index contributed by atoms with van der Waals surface area (Å²) >= 11 is 5.06. The monoisotopic (exact) mass is 253 g/mol. The van der Waals surface area contributed by atoms with Gasteiger partial charge in [0.15, 0.2) is 5.11 Å². The molecule has 2 N–H and O–H groups in total. The van der Waals surface area contributed by atoms with E-state index in [0.717, 1.165) is 6.54 Å². The summed E-state index contributed by atoms with van der Waals surface area (Å²) in [6.07, 6.45) is 0. The lowest BCUT2D eigenvalue weighted by atomic mass is 10.2. The van der Waals surface area contributed by atoms with E-state index in [1.54, 1.807) is 18.2 Å². The maximum atomic E-state index is 10.8. The Bertz CT molecular complexity index is 421. The van der Waals surface area contributed by atoms with Crippen molar-refractivity contribution >= 4 is 28.7 Å². The highest BCUT2D eigenvalue weighted by Crippen LogP contribution is 2.22. The van der Waals surface area contributed by atoms with Crippen molar-refractivity contribution in [3.05, 3.63) is 34.4 Å². The molecule has 0 bridgehead atoms. The molecule has 0 aliphatic rings. The van der Waals surface area contributed by atoms with Crippen LogP contribution in [0.1, 0.15) is 13.8 Å². The van der Waals surface area contributed by atoms with Crippen molar-refractivity contribution in [3.63, 3.8) is 0 Å². The van der Waals surface area contributed by atoms with Gasteiger partial charge in [-0.3, -0.25) is 10.1 Å². The van der Waals surface area contributed by atoms with Crippen LogP contribution in [0, 0.1) is 16.0 Å². The highest BCUT2D eigenvalue weighted by molar-refractivity contribution is 7.80. The van der Waals surface area contributed by atoms with Crippen LogP contribution in [0.2, 0.25) is 0 Å². The number of nitro benzene ring substituents is 1. The van der Waals surface area contributed by atoms with Crippen molar-refractivity contribution in [1.82, 2.24) is 5.32 Å². The molecule has 0 radical (unpaired) electrons. The summed E-state index contributed by atoms with van der Waals surface area (Å²) in [5.74, 6) is 0.459. The molecular weight excluding hydrogens is 238 g/mol. The second-order valence-corrected chi connectivity index (χ2v) is 4.41. The maximum Gasteiger partial charge on any atom is 0.292 e. The maximum absolute atomic E-state index is 10.8. The Hall–Kier alpha value is -1.69. The molecule has 0 aliphatic carbocycles. The summed E-state index contributed by atoms with van der Waals surface area (Å²) in [5.41, 5.74) is 0.417. The van der Waals surface area contributed by atoms with Gasteiger partial charge in [-0.25, -0.2) is 0 Å². The van der Waals surface area contributed by atoms with Gasteiger partial charge in [0.25, 0.3) is 5.69 Å². The van der Waals surface area contributed by atoms with E-state index in [-0.39, 0.29) is 5.69 Å². The third-order valence-corrected chi connectivity index (χ3v) is 2.27. The average molecular weight is 253 g/mol. The molecule has 0 aliphatic heterocycles. The highest BCUT2D eigenvalue weighted by atomic mass is 32.1. The van der Waals surface area contributed by atoms with Crippen LogP contribution in [0.25, 0.3) is 0 Å². The number of nitro groups is 1. The molecule has 0 fully saturated rings. The van der Waals surface area contributed by atoms with Crippen LogP contribution in [0.15, 0.2) is 24.3 Å². The van der Waals surface area contributed by atoms with E-state index < -0.39 is 4.92 Å². The zero-order valence-electron chi connectivity index (χ0n) is 9.77. The van der Waals surface area contributed by atoms with E-state index in [1.807, 2.05) is 0 Å². The van der Waals surface area contributed by atoms with Crippen LogP contribution in [0.5, 0.6) is 0 Å². The van der Waals surface area contributed by atoms with Gasteiger partial charge in [0.2, 0.25) is 0 Å². The van der Waals surface area contributed by atoms with Gasteiger partial charge in [0, 0.05) is 12.6 Å². The Balaban J connectivity index is 2.68. The topological polar surface area (TPSA) is 67.2 Å². The third kappa shape index (κ3) is 4.36. The summed E-state index contributed by atoms with van der Waals surface area (Å²) < 4.78 is 0. The molecule has 1 aromatic rings. The number of para-hydroxylation sites is 2. The Kier molecular flexibility index (Phi) is 4.84. The summed E-state index contributed by atoms with van der Waals surface area (Å²) in [6, 6.07) is 6.41. The van der Waals surface area contributed by atoms with E-state index in [2.05, 4.69) is 24.5 Å². The first kappa shape index (κ1) is 13.4. The minimum absolute atomic E-state index is 0.0150. The van der Waals surface area contributed by atoms with Gasteiger partial charge in [-0.1, -0.05) is 26.0 Å². The molecule has 5 nitrogen and oxygen atoms in total. The number of rotatable bonds is 4. The Morgan fingerprint density at radius 3 is 2.71 bits per heavy atom. The van der Waals surface area contributed by atoms with Crippen LogP contribution >= 0.6 is 12.2 Å². The molecule has 0 spiro atoms. The van der Waals surface area contributed by atoms with Crippen molar-refractivity contribution in [2.45, 2.75) is 13.8 Å². The lowest BCUT2D eigenvalue weighted by molar-refractivity contribution is -0.383. The molecule has 1 rings (SSSR count). The normalized spacial score (nSPS) is 10.1. The first-order valence-corrected chi connectivity index (χ1v) is 5.69. The van der Waals surface area contributed by atoms with Crippen molar-refractivity contribution in [1.29, 1.82) is 0 Å². The number of nitrogens with one attached hydrogen (secondary N) is 2. The molecule has 6 heteroatoms. The molecule has 0 heterocycles. The van der Waals surface area contributed by atoms with Crippen LogP contribution in [-0.2, 0) is 0 Å². The SMILES string of the molecule is CC(C)CNC(=S)Nc1ccccc1[N+](=O)[O-]. The van der Waals surface area contributed by atoms with Gasteiger partial charge in [-0.15, -0.1) is 0 Å². The number of thiocarbonyl (C=S) groups is 1. The van der Waals surface area contributed by atoms with Gasteiger partial charge < -0.3 is 10.6 Å². The second kappa shape index (κ2) is 6.15. The van der Waals surface area contributed by atoms with Crippen molar-refractivity contribution < 1.29 is 4.92 Å². The van der Waals surface area contributed by atoms with Gasteiger partial charge in [-0.2, -0.15) is 0 Å². The quantitative estimate of drug-likeness (QED) is 0.490. The average Bonchev–Trinajstić information content (AvgIpc) is 2.27. The van der Waals surface area contributed by atoms with Crippen LogP contribution in [-0.4, -0.2) is 16.6 Å². The minimum atomic E-state index is -0.437. The lowest BCUT2D eigenvalue weighted by Gasteiger charge is -2.12. The number of hydrogen-bond donors (Lipinski definition) is 2. The van der Waals surface area contributed by atoms with Crippen molar-refractivity contribution in [2.75, 3.05) is 11.9 Å². The van der Waals surface area contributed by atoms with Gasteiger partial charge in [0.05, 0.1) is 4.92 Å². The summed E-state index contributed by atoms with van der Waals surface area (Å²) in [5, 5.41) is 17.0. The molecule has 0 saturated heterocycles. The van der Waals surface area contributed by atoms with E-state index in [0.29, 0.717) is 16.7 Å². The minimum Gasteiger partial charge on any atom is -0.362 e. The molecule has 0 unspecified atom stereocenters. The first-order chi connectivity index (χ1) is 8.00. The molecule has 1 aromatic carbocycles. The zero-order valence-corrected chi connectivity index (χ0v) is 10.6. The van der Waals surface area contributed by atoms with Crippen LogP contribution in [0.3, 0.4) is 0 Å². The summed E-state index contributed by atoms with van der Waals surface area (Å²) in [7, 11) is 0. The first-order valence-electron chi connectivity index (χ1n) is 5.29. The molecule has 92 valence electrons. The molecular formula is C11H15N3O2S. The Morgan fingerprint density at radius 1 is 1.47 bits per heavy atom. The zero-order chi connectivity index (χ0) is 12.8. The van der Waals surface area contributed by atoms with E-state index in [9.17, 15) is 10.1 Å². The van der Waals surface area contributed by atoms with Crippen LogP contribution in [0.4, 0.5) is 11.4 Å². The Morgan fingerprint density at radius 2 is 2.12 bits per heavy atom. The predicted octanol–water partition coefficient (Wildman–Crippen LogP) is 2.54. The lowest BCUT2D eigenvalue weighted by Crippen LogP contribution is -2.31. The molecule has 17 heavy (non-hydrogen) atoms. The number of nitrogens with zero attached hydrogens (tertiary/aromatic N) is 1. The third-order valence-electron chi connectivity index (χ3n) is 2.02. The number of anilines is 1. The predicted molar refractivity (Wildman–Crippen MR) is 72.2 cm³/mol. The standard InChI is InChI=1S/C11H15N3O2S/c1-8(2)7-12-11(17)13-9-5-3-4-6-10(9)14(15)16/h3-6,8H,7H2,1-2H3,(H2,12,13,17). The van der Waals surface area contributed by atoms with Gasteiger partial charge in [0.1, 0.15) is 5.69 Å². The fourth-order valence-corrected chi connectivity index (χ4v) is 1.40. The molecule has 0 saturated carbocycles. The molecule has 0 aromatic heterocycles. The largest absolute Gasteiger partial charge is 0.362 e. The fraction of sp³-hybridized carbons (Fsp3) is 0.364. The highest BCUT2D eigenvalue weighted by Gasteiger charge is 2.12. The Labute approximate surface area is 105 Å². The van der Waals surface area contributed by atoms with Crippen molar-refractivity contribution in [2.24, 2.45) is 5.92 Å². The van der Waals surface area contributed by atoms with E-state index in [4.69, 9.17) is 12.2 Å². The van der Waals surface area contributed by atoms with E-state index >= 15 is 0 Å². The number of benzene rings is 1. The van der Waals surface area contributed by atoms with Crippen LogP contribution < -0.4 is 10.6 Å². The summed E-state index contributed by atoms with van der Waals surface area (Å²) in [4.78, 5) is 10.3. The van der Waals surface area contributed by atoms with E-state index in [1.165, 1.54) is 6.07 Å². The van der Waals surface area contributed by atoms with Crippen molar-refractivity contribution in [3.8, 4) is 0 Å². The molecule has 0 atom stereocenters. The summed E-state index contributed by atoms with van der Waals surface area (Å²) in [6.45, 7) is 4.84. The fourth-order valence-electron chi connectivity index (χ4n) is 1.20. The smallest absolute Gasteiger partial charge is 0.292 e. The van der Waals surface area contributed by atoms with Gasteiger partial charge in [-0.05, 0) is 24.2 Å². The van der Waals surface area contributed by atoms with Gasteiger partial charge >= 0.3 is 0 Å². The second-order valence-electron chi connectivity index (χ2n) is 4.00. The number of hydrogen-bond acceptors (Lipinski definition) is 3.